The summed E-state index contributed by atoms with van der Waals surface area (Å²) >= 11 is 0. The van der Waals surface area contributed by atoms with Gasteiger partial charge < -0.3 is 14.6 Å². The molecule has 0 saturated carbocycles. The van der Waals surface area contributed by atoms with Crippen LogP contribution in [0.15, 0.2) is 29.0 Å². The lowest BCUT2D eigenvalue weighted by atomic mass is 10.2. The lowest BCUT2D eigenvalue weighted by molar-refractivity contribution is 0.529. The summed E-state index contributed by atoms with van der Waals surface area (Å²) in [4.78, 5) is 5.91. The van der Waals surface area contributed by atoms with Crippen LogP contribution >= 0.6 is 0 Å². The Labute approximate surface area is 112 Å². The normalized spacial score (nSPS) is 10.7. The number of aromatic nitrogens is 1. The zero-order valence-corrected chi connectivity index (χ0v) is 11.4. The largest absolute Gasteiger partial charge is 0.469 e. The maximum atomic E-state index is 14.3. The van der Waals surface area contributed by atoms with Gasteiger partial charge in [-0.25, -0.2) is 9.37 Å². The van der Waals surface area contributed by atoms with Gasteiger partial charge in [-0.3, -0.25) is 0 Å². The average molecular weight is 263 g/mol. The van der Waals surface area contributed by atoms with Crippen LogP contribution in [0, 0.1) is 12.7 Å². The van der Waals surface area contributed by atoms with Gasteiger partial charge in [0.2, 0.25) is 0 Å². The second kappa shape index (κ2) is 5.84. The van der Waals surface area contributed by atoms with Crippen molar-refractivity contribution in [3.63, 3.8) is 0 Å². The third kappa shape index (κ3) is 2.93. The smallest absolute Gasteiger partial charge is 0.170 e. The number of furan rings is 1. The van der Waals surface area contributed by atoms with Gasteiger partial charge in [0.1, 0.15) is 5.76 Å². The fourth-order valence-electron chi connectivity index (χ4n) is 1.97. The zero-order chi connectivity index (χ0) is 13.8. The number of pyridine rings is 1. The van der Waals surface area contributed by atoms with E-state index >= 15 is 0 Å². The van der Waals surface area contributed by atoms with Gasteiger partial charge >= 0.3 is 0 Å². The molecule has 0 saturated heterocycles. The van der Waals surface area contributed by atoms with Crippen molar-refractivity contribution in [3.8, 4) is 0 Å². The number of halogens is 1. The van der Waals surface area contributed by atoms with E-state index in [0.717, 1.165) is 11.3 Å². The number of anilines is 1. The molecule has 2 heterocycles. The predicted octanol–water partition coefficient (Wildman–Crippen LogP) is 2.48. The van der Waals surface area contributed by atoms with Crippen LogP contribution in [0.2, 0.25) is 0 Å². The Morgan fingerprint density at radius 2 is 2.16 bits per heavy atom. The first-order valence-corrected chi connectivity index (χ1v) is 6.15. The molecule has 1 N–H and O–H groups in total. The molecule has 0 unspecified atom stereocenters. The lowest BCUT2D eigenvalue weighted by Crippen LogP contribution is -2.20. The minimum Gasteiger partial charge on any atom is -0.469 e. The Morgan fingerprint density at radius 1 is 1.37 bits per heavy atom. The van der Waals surface area contributed by atoms with E-state index in [-0.39, 0.29) is 5.82 Å². The molecule has 19 heavy (non-hydrogen) atoms. The lowest BCUT2D eigenvalue weighted by Gasteiger charge is -2.19. The van der Waals surface area contributed by atoms with Crippen molar-refractivity contribution < 1.29 is 8.81 Å². The molecule has 2 aromatic heterocycles. The molecule has 0 spiro atoms. The quantitative estimate of drug-likeness (QED) is 0.899. The minimum atomic E-state index is -0.277. The van der Waals surface area contributed by atoms with Gasteiger partial charge in [0, 0.05) is 37.5 Å². The number of hydrogen-bond acceptors (Lipinski definition) is 4. The second-order valence-corrected chi connectivity index (χ2v) is 4.50. The summed E-state index contributed by atoms with van der Waals surface area (Å²) in [7, 11) is 3.61. The Balaban J connectivity index is 2.21. The first kappa shape index (κ1) is 13.5. The van der Waals surface area contributed by atoms with Crippen molar-refractivity contribution in [3.05, 3.63) is 47.3 Å². The highest BCUT2D eigenvalue weighted by Crippen LogP contribution is 2.21. The molecule has 0 aromatic carbocycles. The van der Waals surface area contributed by atoms with Crippen molar-refractivity contribution in [1.82, 2.24) is 10.3 Å². The van der Waals surface area contributed by atoms with E-state index in [1.54, 1.807) is 30.5 Å². The van der Waals surface area contributed by atoms with Gasteiger partial charge in [-0.15, -0.1) is 0 Å². The van der Waals surface area contributed by atoms with E-state index < -0.39 is 0 Å². The maximum absolute atomic E-state index is 14.3. The van der Waals surface area contributed by atoms with Gasteiger partial charge in [0.05, 0.1) is 6.26 Å². The van der Waals surface area contributed by atoms with Crippen LogP contribution in [0.3, 0.4) is 0 Å². The highest BCUT2D eigenvalue weighted by atomic mass is 19.1. The third-order valence-electron chi connectivity index (χ3n) is 3.05. The number of hydrogen-bond donors (Lipinski definition) is 1. The Morgan fingerprint density at radius 3 is 2.79 bits per heavy atom. The topological polar surface area (TPSA) is 41.3 Å². The zero-order valence-electron chi connectivity index (χ0n) is 11.4. The van der Waals surface area contributed by atoms with Crippen LogP contribution in [-0.2, 0) is 13.1 Å². The van der Waals surface area contributed by atoms with E-state index in [0.29, 0.717) is 24.5 Å². The molecule has 4 nitrogen and oxygen atoms in total. The number of nitrogens with one attached hydrogen (secondary N) is 1. The molecular weight excluding hydrogens is 245 g/mol. The Bertz CT molecular complexity index is 553. The number of rotatable bonds is 5. The molecule has 5 heteroatoms. The molecule has 0 radical (unpaired) electrons. The summed E-state index contributed by atoms with van der Waals surface area (Å²) in [6.07, 6.45) is 3.27. The molecule has 0 amide bonds. The van der Waals surface area contributed by atoms with Gasteiger partial charge in [-0.1, -0.05) is 0 Å². The number of nitrogens with zero attached hydrogens (tertiary/aromatic N) is 2. The molecule has 0 aliphatic rings. The van der Waals surface area contributed by atoms with E-state index in [9.17, 15) is 4.39 Å². The first-order chi connectivity index (χ1) is 9.13. The van der Waals surface area contributed by atoms with Gasteiger partial charge in [-0.05, 0) is 26.1 Å². The molecule has 0 bridgehead atoms. The van der Waals surface area contributed by atoms with Crippen LogP contribution in [0.4, 0.5) is 10.2 Å². The molecule has 2 aromatic rings. The van der Waals surface area contributed by atoms with Crippen LogP contribution in [0.25, 0.3) is 0 Å². The van der Waals surface area contributed by atoms with Crippen LogP contribution < -0.4 is 10.2 Å². The Hall–Kier alpha value is -1.88. The van der Waals surface area contributed by atoms with E-state index in [4.69, 9.17) is 4.42 Å². The SMILES string of the molecule is CNCc1ccnc(N(C)Cc2ccoc2C)c1F. The van der Waals surface area contributed by atoms with Crippen molar-refractivity contribution in [2.24, 2.45) is 0 Å². The standard InChI is InChI=1S/C14H18FN3O/c1-10-12(5-7-19-10)9-18(3)14-13(15)11(8-16-2)4-6-17-14/h4-7,16H,8-9H2,1-3H3. The molecule has 2 rings (SSSR count). The van der Waals surface area contributed by atoms with Crippen molar-refractivity contribution >= 4 is 5.82 Å². The summed E-state index contributed by atoms with van der Waals surface area (Å²) in [5.74, 6) is 0.924. The van der Waals surface area contributed by atoms with Gasteiger partial charge in [0.25, 0.3) is 0 Å². The third-order valence-corrected chi connectivity index (χ3v) is 3.05. The summed E-state index contributed by atoms with van der Waals surface area (Å²) < 4.78 is 19.5. The average Bonchev–Trinajstić information content (AvgIpc) is 2.78. The fraction of sp³-hybridized carbons (Fsp3) is 0.357. The molecule has 0 fully saturated rings. The monoisotopic (exact) mass is 263 g/mol. The van der Waals surface area contributed by atoms with Crippen LogP contribution in [0.5, 0.6) is 0 Å². The van der Waals surface area contributed by atoms with Gasteiger partial charge in [-0.2, -0.15) is 0 Å². The molecule has 0 atom stereocenters. The first-order valence-electron chi connectivity index (χ1n) is 6.15. The summed E-state index contributed by atoms with van der Waals surface area (Å²) in [6, 6.07) is 3.58. The molecule has 102 valence electrons. The summed E-state index contributed by atoms with van der Waals surface area (Å²) in [6.45, 7) is 2.94. The number of aryl methyl sites for hydroxylation is 1. The fourth-order valence-corrected chi connectivity index (χ4v) is 1.97. The van der Waals surface area contributed by atoms with Crippen molar-refractivity contribution in [2.45, 2.75) is 20.0 Å². The van der Waals surface area contributed by atoms with Crippen molar-refractivity contribution in [2.75, 3.05) is 19.0 Å². The highest BCUT2D eigenvalue weighted by molar-refractivity contribution is 5.43. The summed E-state index contributed by atoms with van der Waals surface area (Å²) in [5, 5.41) is 2.94. The van der Waals surface area contributed by atoms with E-state index in [1.165, 1.54) is 0 Å². The highest BCUT2D eigenvalue weighted by Gasteiger charge is 2.14. The van der Waals surface area contributed by atoms with E-state index in [1.807, 2.05) is 20.0 Å². The van der Waals surface area contributed by atoms with Crippen LogP contribution in [0.1, 0.15) is 16.9 Å². The minimum absolute atomic E-state index is 0.277. The van der Waals surface area contributed by atoms with Crippen LogP contribution in [-0.4, -0.2) is 19.1 Å². The van der Waals surface area contributed by atoms with Gasteiger partial charge in [0.15, 0.2) is 11.6 Å². The van der Waals surface area contributed by atoms with E-state index in [2.05, 4.69) is 10.3 Å². The maximum Gasteiger partial charge on any atom is 0.170 e. The molecular formula is C14H18FN3O. The molecule has 0 aliphatic heterocycles. The Kier molecular flexibility index (Phi) is 4.16. The predicted molar refractivity (Wildman–Crippen MR) is 72.5 cm³/mol. The van der Waals surface area contributed by atoms with Crippen molar-refractivity contribution in [1.29, 1.82) is 0 Å². The second-order valence-electron chi connectivity index (χ2n) is 4.50. The summed E-state index contributed by atoms with van der Waals surface area (Å²) in [5.41, 5.74) is 1.64. The molecule has 0 aliphatic carbocycles.